The largest absolute Gasteiger partial charge is 0.383 e. The Labute approximate surface area is 118 Å². The molecule has 0 atom stereocenters. The molecule has 104 valence electrons. The molecule has 0 saturated carbocycles. The molecule has 1 aromatic heterocycles. The van der Waals surface area contributed by atoms with Crippen LogP contribution in [-0.4, -0.2) is 47.8 Å². The van der Waals surface area contributed by atoms with Gasteiger partial charge in [-0.15, -0.1) is 0 Å². The van der Waals surface area contributed by atoms with Crippen molar-refractivity contribution >= 4 is 23.3 Å². The summed E-state index contributed by atoms with van der Waals surface area (Å²) in [6.07, 6.45) is 4.24. The normalized spacial score (nSPS) is 9.95. The van der Waals surface area contributed by atoms with Crippen molar-refractivity contribution in [1.82, 2.24) is 15.2 Å². The van der Waals surface area contributed by atoms with Crippen molar-refractivity contribution in [2.24, 2.45) is 5.73 Å². The Bertz CT molecular complexity index is 412. The minimum absolute atomic E-state index is 0.0705. The van der Waals surface area contributed by atoms with E-state index < -0.39 is 0 Å². The minimum Gasteiger partial charge on any atom is -0.383 e. The highest BCUT2D eigenvalue weighted by Gasteiger charge is 2.12. The van der Waals surface area contributed by atoms with Crippen LogP contribution in [-0.2, 0) is 11.2 Å². The number of aromatic nitrogens is 1. The molecular formula is C12H19N5OS. The van der Waals surface area contributed by atoms with Crippen LogP contribution in [0.2, 0.25) is 0 Å². The zero-order valence-electron chi connectivity index (χ0n) is 10.9. The smallest absolute Gasteiger partial charge is 0.194 e. The third-order valence-electron chi connectivity index (χ3n) is 2.47. The highest BCUT2D eigenvalue weighted by Crippen LogP contribution is 2.00. The second-order valence-corrected chi connectivity index (χ2v) is 4.26. The number of hydrogen-bond donors (Lipinski definition) is 3. The first-order chi connectivity index (χ1) is 9.15. The topological polar surface area (TPSA) is 87.3 Å². The van der Waals surface area contributed by atoms with E-state index in [2.05, 4.69) is 10.3 Å². The fourth-order valence-corrected chi connectivity index (χ4v) is 1.77. The standard InChI is InChI=1S/C12H19N5OS/c1-18-8-6-16-12(19)17(11(13)14)7-4-10-3-2-5-15-9-10/h2-3,5,9H,4,6-8H2,1H3,(H3,13,14)(H,16,19). The maximum atomic E-state index is 7.56. The molecule has 0 radical (unpaired) electrons. The Morgan fingerprint density at radius 1 is 1.63 bits per heavy atom. The number of methoxy groups -OCH3 is 1. The van der Waals surface area contributed by atoms with Crippen LogP contribution in [0.5, 0.6) is 0 Å². The van der Waals surface area contributed by atoms with E-state index in [1.54, 1.807) is 24.4 Å². The van der Waals surface area contributed by atoms with Gasteiger partial charge in [0.1, 0.15) is 0 Å². The molecule has 0 aliphatic carbocycles. The molecule has 0 saturated heterocycles. The second kappa shape index (κ2) is 8.39. The molecule has 0 unspecified atom stereocenters. The highest BCUT2D eigenvalue weighted by molar-refractivity contribution is 7.80. The summed E-state index contributed by atoms with van der Waals surface area (Å²) < 4.78 is 4.93. The lowest BCUT2D eigenvalue weighted by atomic mass is 10.2. The summed E-state index contributed by atoms with van der Waals surface area (Å²) >= 11 is 5.20. The molecule has 0 bridgehead atoms. The van der Waals surface area contributed by atoms with Gasteiger partial charge in [0.15, 0.2) is 11.1 Å². The number of guanidine groups is 1. The van der Waals surface area contributed by atoms with Crippen molar-refractivity contribution in [3.8, 4) is 0 Å². The van der Waals surface area contributed by atoms with Gasteiger partial charge in [-0.1, -0.05) is 6.07 Å². The third kappa shape index (κ3) is 5.62. The molecule has 4 N–H and O–H groups in total. The van der Waals surface area contributed by atoms with E-state index in [0.717, 1.165) is 12.0 Å². The maximum Gasteiger partial charge on any atom is 0.194 e. The van der Waals surface area contributed by atoms with Gasteiger partial charge in [0.2, 0.25) is 0 Å². The van der Waals surface area contributed by atoms with Crippen LogP contribution < -0.4 is 11.1 Å². The lowest BCUT2D eigenvalue weighted by Gasteiger charge is -2.23. The van der Waals surface area contributed by atoms with Gasteiger partial charge in [-0.2, -0.15) is 0 Å². The fraction of sp³-hybridized carbons (Fsp3) is 0.417. The number of thiocarbonyl (C=S) groups is 1. The highest BCUT2D eigenvalue weighted by atomic mass is 32.1. The number of nitrogens with two attached hydrogens (primary N) is 1. The molecule has 1 rings (SSSR count). The van der Waals surface area contributed by atoms with Crippen molar-refractivity contribution in [1.29, 1.82) is 5.41 Å². The Morgan fingerprint density at radius 3 is 3.00 bits per heavy atom. The van der Waals surface area contributed by atoms with Crippen LogP contribution in [0.25, 0.3) is 0 Å². The van der Waals surface area contributed by atoms with Crippen molar-refractivity contribution in [2.75, 3.05) is 26.8 Å². The molecular weight excluding hydrogens is 262 g/mol. The van der Waals surface area contributed by atoms with Gasteiger partial charge in [0, 0.05) is 32.6 Å². The van der Waals surface area contributed by atoms with Crippen molar-refractivity contribution in [3.05, 3.63) is 30.1 Å². The molecule has 19 heavy (non-hydrogen) atoms. The average Bonchev–Trinajstić information content (AvgIpc) is 2.40. The predicted octanol–water partition coefficient (Wildman–Crippen LogP) is 0.340. The Hall–Kier alpha value is -1.73. The molecule has 0 amide bonds. The summed E-state index contributed by atoms with van der Waals surface area (Å²) in [5.41, 5.74) is 6.62. The molecule has 0 spiro atoms. The van der Waals surface area contributed by atoms with Crippen LogP contribution in [0.1, 0.15) is 5.56 Å². The van der Waals surface area contributed by atoms with Crippen molar-refractivity contribution < 1.29 is 4.74 Å². The SMILES string of the molecule is COCCNC(=S)N(CCc1cccnc1)C(=N)N. The Morgan fingerprint density at radius 2 is 2.42 bits per heavy atom. The molecule has 7 heteroatoms. The van der Waals surface area contributed by atoms with E-state index in [1.807, 2.05) is 12.1 Å². The molecule has 1 aromatic rings. The predicted molar refractivity (Wildman–Crippen MR) is 79.0 cm³/mol. The first-order valence-electron chi connectivity index (χ1n) is 5.92. The molecule has 0 fully saturated rings. The first-order valence-corrected chi connectivity index (χ1v) is 6.33. The van der Waals surface area contributed by atoms with E-state index in [-0.39, 0.29) is 5.96 Å². The lowest BCUT2D eigenvalue weighted by molar-refractivity contribution is 0.203. The number of hydrogen-bond acceptors (Lipinski definition) is 4. The molecule has 6 nitrogen and oxygen atoms in total. The zero-order chi connectivity index (χ0) is 14.1. The van der Waals surface area contributed by atoms with Gasteiger partial charge in [0.05, 0.1) is 6.61 Å². The van der Waals surface area contributed by atoms with Crippen LogP contribution in [0.15, 0.2) is 24.5 Å². The number of nitrogens with zero attached hydrogens (tertiary/aromatic N) is 2. The van der Waals surface area contributed by atoms with Gasteiger partial charge >= 0.3 is 0 Å². The number of pyridine rings is 1. The molecule has 0 aliphatic rings. The average molecular weight is 281 g/mol. The summed E-state index contributed by atoms with van der Waals surface area (Å²) in [6.45, 7) is 1.68. The van der Waals surface area contributed by atoms with E-state index in [0.29, 0.717) is 24.8 Å². The van der Waals surface area contributed by atoms with Crippen LogP contribution in [0, 0.1) is 5.41 Å². The van der Waals surface area contributed by atoms with Gasteiger partial charge in [-0.05, 0) is 30.3 Å². The minimum atomic E-state index is -0.0705. The Balaban J connectivity index is 2.48. The van der Waals surface area contributed by atoms with Crippen LogP contribution in [0.3, 0.4) is 0 Å². The number of rotatable bonds is 6. The second-order valence-electron chi connectivity index (χ2n) is 3.87. The van der Waals surface area contributed by atoms with Crippen LogP contribution in [0.4, 0.5) is 0 Å². The fourth-order valence-electron chi connectivity index (χ4n) is 1.47. The van der Waals surface area contributed by atoms with Crippen molar-refractivity contribution in [3.63, 3.8) is 0 Å². The number of nitrogens with one attached hydrogen (secondary N) is 2. The summed E-state index contributed by atoms with van der Waals surface area (Å²) in [5, 5.41) is 11.0. The summed E-state index contributed by atoms with van der Waals surface area (Å²) in [4.78, 5) is 5.60. The monoisotopic (exact) mass is 281 g/mol. The van der Waals surface area contributed by atoms with E-state index in [4.69, 9.17) is 28.1 Å². The van der Waals surface area contributed by atoms with Gasteiger partial charge in [-0.25, -0.2) is 0 Å². The molecule has 1 heterocycles. The lowest BCUT2D eigenvalue weighted by Crippen LogP contribution is -2.48. The van der Waals surface area contributed by atoms with Gasteiger partial charge < -0.3 is 15.8 Å². The summed E-state index contributed by atoms with van der Waals surface area (Å²) in [5.74, 6) is -0.0705. The van der Waals surface area contributed by atoms with Gasteiger partial charge in [-0.3, -0.25) is 15.3 Å². The quantitative estimate of drug-likeness (QED) is 0.302. The molecule has 0 aromatic carbocycles. The zero-order valence-corrected chi connectivity index (χ0v) is 11.7. The summed E-state index contributed by atoms with van der Waals surface area (Å²) in [7, 11) is 1.62. The maximum absolute atomic E-state index is 7.56. The van der Waals surface area contributed by atoms with E-state index >= 15 is 0 Å². The van der Waals surface area contributed by atoms with E-state index in [1.165, 1.54) is 0 Å². The number of ether oxygens (including phenoxy) is 1. The van der Waals surface area contributed by atoms with E-state index in [9.17, 15) is 0 Å². The third-order valence-corrected chi connectivity index (χ3v) is 2.83. The van der Waals surface area contributed by atoms with Gasteiger partial charge in [0.25, 0.3) is 0 Å². The Kier molecular flexibility index (Phi) is 6.76. The first kappa shape index (κ1) is 15.3. The molecule has 0 aliphatic heterocycles. The van der Waals surface area contributed by atoms with Crippen LogP contribution >= 0.6 is 12.2 Å². The summed E-state index contributed by atoms with van der Waals surface area (Å²) in [6, 6.07) is 3.86. The van der Waals surface area contributed by atoms with Crippen molar-refractivity contribution in [2.45, 2.75) is 6.42 Å².